The van der Waals surface area contributed by atoms with E-state index in [2.05, 4.69) is 5.32 Å². The van der Waals surface area contributed by atoms with Crippen LogP contribution < -0.4 is 5.32 Å². The summed E-state index contributed by atoms with van der Waals surface area (Å²) >= 11 is 0. The molecule has 1 amide bonds. The van der Waals surface area contributed by atoms with Crippen molar-refractivity contribution in [2.24, 2.45) is 0 Å². The number of nitrogens with zero attached hydrogens (tertiary/aromatic N) is 1. The molecule has 0 aliphatic carbocycles. The summed E-state index contributed by atoms with van der Waals surface area (Å²) in [5.74, 6) is -1.73. The predicted octanol–water partition coefficient (Wildman–Crippen LogP) is 1.38. The van der Waals surface area contributed by atoms with E-state index in [0.717, 1.165) is 4.31 Å². The SMILES string of the molecule is C/C=C/CC(NC(=O)C1CCCN1S(=O)(=O)c1ccccc1)C(=O)O. The van der Waals surface area contributed by atoms with Gasteiger partial charge in [0.15, 0.2) is 0 Å². The Kier molecular flexibility index (Phi) is 6.33. The summed E-state index contributed by atoms with van der Waals surface area (Å²) in [5, 5.41) is 11.7. The normalized spacial score (nSPS) is 19.8. The molecule has 0 radical (unpaired) electrons. The molecule has 136 valence electrons. The monoisotopic (exact) mass is 366 g/mol. The van der Waals surface area contributed by atoms with Crippen LogP contribution in [-0.4, -0.2) is 48.3 Å². The van der Waals surface area contributed by atoms with Crippen LogP contribution in [0.5, 0.6) is 0 Å². The molecule has 2 unspecified atom stereocenters. The minimum atomic E-state index is -3.79. The van der Waals surface area contributed by atoms with Gasteiger partial charge in [0, 0.05) is 6.54 Å². The van der Waals surface area contributed by atoms with Crippen LogP contribution in [0.3, 0.4) is 0 Å². The van der Waals surface area contributed by atoms with Crippen molar-refractivity contribution in [3.05, 3.63) is 42.5 Å². The predicted molar refractivity (Wildman–Crippen MR) is 92.4 cm³/mol. The number of benzene rings is 1. The first-order valence-corrected chi connectivity index (χ1v) is 9.53. The third-order valence-corrected chi connectivity index (χ3v) is 6.00. The minimum Gasteiger partial charge on any atom is -0.480 e. The van der Waals surface area contributed by atoms with E-state index in [1.54, 1.807) is 37.3 Å². The summed E-state index contributed by atoms with van der Waals surface area (Å²) in [6, 6.07) is 5.95. The van der Waals surface area contributed by atoms with E-state index in [0.29, 0.717) is 12.8 Å². The van der Waals surface area contributed by atoms with E-state index >= 15 is 0 Å². The number of sulfonamides is 1. The highest BCUT2D eigenvalue weighted by atomic mass is 32.2. The van der Waals surface area contributed by atoms with Crippen molar-refractivity contribution in [1.82, 2.24) is 9.62 Å². The lowest BCUT2D eigenvalue weighted by atomic mass is 10.1. The maximum Gasteiger partial charge on any atom is 0.326 e. The number of carboxylic acids is 1. The Hall–Kier alpha value is -2.19. The van der Waals surface area contributed by atoms with E-state index < -0.39 is 34.0 Å². The summed E-state index contributed by atoms with van der Waals surface area (Å²) < 4.78 is 26.7. The van der Waals surface area contributed by atoms with Crippen LogP contribution in [0.4, 0.5) is 0 Å². The lowest BCUT2D eigenvalue weighted by Crippen LogP contribution is -2.50. The molecule has 1 saturated heterocycles. The topological polar surface area (TPSA) is 104 Å². The Morgan fingerprint density at radius 2 is 2.04 bits per heavy atom. The highest BCUT2D eigenvalue weighted by Crippen LogP contribution is 2.26. The zero-order chi connectivity index (χ0) is 18.4. The maximum atomic E-state index is 12.8. The number of carbonyl (C=O) groups excluding carboxylic acids is 1. The van der Waals surface area contributed by atoms with Crippen molar-refractivity contribution in [2.75, 3.05) is 6.54 Å². The lowest BCUT2D eigenvalue weighted by molar-refractivity contribution is -0.142. The fourth-order valence-corrected chi connectivity index (χ4v) is 4.46. The molecule has 2 atom stereocenters. The maximum absolute atomic E-state index is 12.8. The molecule has 2 N–H and O–H groups in total. The zero-order valence-corrected chi connectivity index (χ0v) is 14.8. The molecule has 2 rings (SSSR count). The van der Waals surface area contributed by atoms with E-state index in [1.165, 1.54) is 12.1 Å². The fourth-order valence-electron chi connectivity index (χ4n) is 2.78. The second-order valence-corrected chi connectivity index (χ2v) is 7.68. The van der Waals surface area contributed by atoms with Crippen LogP contribution in [0.1, 0.15) is 26.2 Å². The first-order valence-electron chi connectivity index (χ1n) is 8.09. The van der Waals surface area contributed by atoms with Crippen LogP contribution in [-0.2, 0) is 19.6 Å². The molecule has 8 heteroatoms. The Morgan fingerprint density at radius 3 is 2.64 bits per heavy atom. The Morgan fingerprint density at radius 1 is 1.36 bits per heavy atom. The smallest absolute Gasteiger partial charge is 0.326 e. The molecule has 1 heterocycles. The van der Waals surface area contributed by atoms with Crippen LogP contribution in [0.15, 0.2) is 47.4 Å². The molecule has 25 heavy (non-hydrogen) atoms. The number of amides is 1. The van der Waals surface area contributed by atoms with E-state index in [9.17, 15) is 23.1 Å². The number of carbonyl (C=O) groups is 2. The van der Waals surface area contributed by atoms with Gasteiger partial charge in [-0.3, -0.25) is 4.79 Å². The number of allylic oxidation sites excluding steroid dienone is 1. The third-order valence-electron chi connectivity index (χ3n) is 4.08. The molecule has 7 nitrogen and oxygen atoms in total. The van der Waals surface area contributed by atoms with Crippen molar-refractivity contribution in [1.29, 1.82) is 0 Å². The minimum absolute atomic E-state index is 0.124. The van der Waals surface area contributed by atoms with Crippen LogP contribution in [0.2, 0.25) is 0 Å². The largest absolute Gasteiger partial charge is 0.480 e. The number of aliphatic carboxylic acids is 1. The first-order chi connectivity index (χ1) is 11.9. The van der Waals surface area contributed by atoms with E-state index in [-0.39, 0.29) is 17.9 Å². The molecule has 1 aliphatic rings. The van der Waals surface area contributed by atoms with Crippen molar-refractivity contribution < 1.29 is 23.1 Å². The number of hydrogen-bond acceptors (Lipinski definition) is 4. The number of carboxylic acid groups (broad SMARTS) is 1. The molecule has 1 aromatic rings. The lowest BCUT2D eigenvalue weighted by Gasteiger charge is -2.24. The van der Waals surface area contributed by atoms with Gasteiger partial charge in [0.1, 0.15) is 12.1 Å². The summed E-state index contributed by atoms with van der Waals surface area (Å²) in [4.78, 5) is 23.9. The van der Waals surface area contributed by atoms with Gasteiger partial charge in [-0.2, -0.15) is 4.31 Å². The van der Waals surface area contributed by atoms with Gasteiger partial charge in [0.25, 0.3) is 0 Å². The molecule has 1 aliphatic heterocycles. The second-order valence-electron chi connectivity index (χ2n) is 5.79. The zero-order valence-electron chi connectivity index (χ0n) is 14.0. The second kappa shape index (κ2) is 8.26. The number of nitrogens with one attached hydrogen (secondary N) is 1. The Bertz CT molecular complexity index is 746. The fraction of sp³-hybridized carbons (Fsp3) is 0.412. The van der Waals surface area contributed by atoms with Gasteiger partial charge in [0.05, 0.1) is 4.90 Å². The van der Waals surface area contributed by atoms with E-state index in [4.69, 9.17) is 0 Å². The molecule has 0 aromatic heterocycles. The van der Waals surface area contributed by atoms with Gasteiger partial charge >= 0.3 is 5.97 Å². The quantitative estimate of drug-likeness (QED) is 0.710. The first kappa shape index (κ1) is 19.1. The summed E-state index contributed by atoms with van der Waals surface area (Å²) in [5.41, 5.74) is 0. The summed E-state index contributed by atoms with van der Waals surface area (Å²) in [6.07, 6.45) is 4.41. The van der Waals surface area contributed by atoms with Crippen LogP contribution >= 0.6 is 0 Å². The molecule has 1 aromatic carbocycles. The molecule has 0 saturated carbocycles. The average Bonchev–Trinajstić information content (AvgIpc) is 3.09. The van der Waals surface area contributed by atoms with Crippen molar-refractivity contribution in [2.45, 2.75) is 43.2 Å². The molecular weight excluding hydrogens is 344 g/mol. The molecule has 0 spiro atoms. The Labute approximate surface area is 147 Å². The summed E-state index contributed by atoms with van der Waals surface area (Å²) in [7, 11) is -3.79. The van der Waals surface area contributed by atoms with Gasteiger partial charge in [-0.1, -0.05) is 30.4 Å². The van der Waals surface area contributed by atoms with Crippen molar-refractivity contribution in [3.63, 3.8) is 0 Å². The van der Waals surface area contributed by atoms with Gasteiger partial charge in [-0.15, -0.1) is 0 Å². The average molecular weight is 366 g/mol. The number of hydrogen-bond donors (Lipinski definition) is 2. The van der Waals surface area contributed by atoms with Crippen LogP contribution in [0, 0.1) is 0 Å². The molecule has 1 fully saturated rings. The van der Waals surface area contributed by atoms with Crippen molar-refractivity contribution in [3.8, 4) is 0 Å². The van der Waals surface area contributed by atoms with Crippen molar-refractivity contribution >= 4 is 21.9 Å². The highest BCUT2D eigenvalue weighted by molar-refractivity contribution is 7.89. The van der Waals surface area contributed by atoms with Gasteiger partial charge in [-0.25, -0.2) is 13.2 Å². The summed E-state index contributed by atoms with van der Waals surface area (Å²) in [6.45, 7) is 1.99. The Balaban J connectivity index is 2.17. The van der Waals surface area contributed by atoms with Crippen LogP contribution in [0.25, 0.3) is 0 Å². The standard InChI is InChI=1S/C17H22N2O5S/c1-2-3-10-14(17(21)22)18-16(20)15-11-7-12-19(15)25(23,24)13-8-5-4-6-9-13/h2-6,8-9,14-15H,7,10-12H2,1H3,(H,18,20)(H,21,22)/b3-2+. The highest BCUT2D eigenvalue weighted by Gasteiger charge is 2.40. The molecular formula is C17H22N2O5S. The molecule has 0 bridgehead atoms. The number of rotatable bonds is 7. The van der Waals surface area contributed by atoms with Gasteiger partial charge in [0.2, 0.25) is 15.9 Å². The van der Waals surface area contributed by atoms with Gasteiger partial charge < -0.3 is 10.4 Å². The van der Waals surface area contributed by atoms with E-state index in [1.807, 2.05) is 0 Å². The van der Waals surface area contributed by atoms with Gasteiger partial charge in [-0.05, 0) is 38.3 Å². The third kappa shape index (κ3) is 4.46.